The molecule has 0 amide bonds. The molecule has 0 saturated carbocycles. The van der Waals surface area contributed by atoms with Gasteiger partial charge >= 0.3 is 5.97 Å². The van der Waals surface area contributed by atoms with Crippen LogP contribution in [0.1, 0.15) is 20.3 Å². The molecule has 0 aliphatic heterocycles. The summed E-state index contributed by atoms with van der Waals surface area (Å²) in [4.78, 5) is 10.5. The molecule has 1 rings (SSSR count). The van der Waals surface area contributed by atoms with Crippen LogP contribution in [0.25, 0.3) is 0 Å². The van der Waals surface area contributed by atoms with E-state index in [-0.39, 0.29) is 12.4 Å². The minimum atomic E-state index is -0.310. The monoisotopic (exact) mass is 179 g/mol. The third-order valence-corrected chi connectivity index (χ3v) is 1.60. The average molecular weight is 179 g/mol. The van der Waals surface area contributed by atoms with Crippen molar-refractivity contribution in [1.29, 1.82) is 0 Å². The smallest absolute Gasteiger partial charge is 0.302 e. The lowest BCUT2D eigenvalue weighted by atomic mass is 10.1. The molecule has 1 atom stereocenters. The molecule has 1 unspecified atom stereocenters. The van der Waals surface area contributed by atoms with Crippen LogP contribution in [0.2, 0.25) is 0 Å². The molecular weight excluding hydrogens is 164 g/mol. The number of hydrogen-bond donors (Lipinski definition) is 0. The number of rotatable bonds is 4. The standard InChI is InChI=1S/C11H14O2/c1-10(12)13-9-5-8-11-6-3-2-4-7-11/h2-4,6-7H,5,8-9H2,1H3/i8D. The fourth-order valence-electron chi connectivity index (χ4n) is 1.02. The highest BCUT2D eigenvalue weighted by molar-refractivity contribution is 5.65. The molecular formula is C11H14O2. The second-order valence-electron chi connectivity index (χ2n) is 2.74. The van der Waals surface area contributed by atoms with Crippen molar-refractivity contribution >= 4 is 5.97 Å². The molecule has 0 saturated heterocycles. The maximum Gasteiger partial charge on any atom is 0.302 e. The topological polar surface area (TPSA) is 26.3 Å². The summed E-state index contributed by atoms with van der Waals surface area (Å²) >= 11 is 0. The summed E-state index contributed by atoms with van der Waals surface area (Å²) < 4.78 is 12.5. The summed E-state index contributed by atoms with van der Waals surface area (Å²) in [5, 5.41) is 0. The van der Waals surface area contributed by atoms with Crippen LogP contribution >= 0.6 is 0 Å². The number of aryl methyl sites for hydroxylation is 1. The molecule has 0 aromatic heterocycles. The van der Waals surface area contributed by atoms with Crippen LogP contribution in [-0.2, 0) is 15.9 Å². The molecule has 2 nitrogen and oxygen atoms in total. The van der Waals surface area contributed by atoms with Gasteiger partial charge in [-0.3, -0.25) is 4.79 Å². The normalized spacial score (nSPS) is 13.2. The van der Waals surface area contributed by atoms with E-state index in [2.05, 4.69) is 0 Å². The minimum absolute atomic E-state index is 0.287. The van der Waals surface area contributed by atoms with Gasteiger partial charge in [0.25, 0.3) is 0 Å². The molecule has 0 heterocycles. The van der Waals surface area contributed by atoms with E-state index in [0.717, 1.165) is 5.56 Å². The van der Waals surface area contributed by atoms with Crippen LogP contribution in [0, 0.1) is 0 Å². The maximum absolute atomic E-state index is 10.5. The van der Waals surface area contributed by atoms with E-state index in [4.69, 9.17) is 6.11 Å². The van der Waals surface area contributed by atoms with Crippen LogP contribution in [0.5, 0.6) is 0 Å². The van der Waals surface area contributed by atoms with E-state index in [1.54, 1.807) is 0 Å². The highest BCUT2D eigenvalue weighted by atomic mass is 16.5. The van der Waals surface area contributed by atoms with E-state index in [1.807, 2.05) is 30.3 Å². The predicted molar refractivity (Wildman–Crippen MR) is 51.4 cm³/mol. The largest absolute Gasteiger partial charge is 0.466 e. The van der Waals surface area contributed by atoms with Crippen molar-refractivity contribution in [3.63, 3.8) is 0 Å². The zero-order valence-corrected chi connectivity index (χ0v) is 7.69. The first-order valence-corrected chi connectivity index (χ1v) is 4.30. The van der Waals surface area contributed by atoms with Gasteiger partial charge in [0.2, 0.25) is 0 Å². The highest BCUT2D eigenvalue weighted by Gasteiger charge is 1.94. The number of hydrogen-bond acceptors (Lipinski definition) is 2. The molecule has 2 heteroatoms. The van der Waals surface area contributed by atoms with Gasteiger partial charge in [0.05, 0.1) is 6.61 Å². The van der Waals surface area contributed by atoms with Crippen LogP contribution in [-0.4, -0.2) is 12.6 Å². The number of esters is 1. The SMILES string of the molecule is [2H]C(CCOC(C)=O)c1ccccc1. The Morgan fingerprint density at radius 1 is 1.46 bits per heavy atom. The average Bonchev–Trinajstić information content (AvgIpc) is 2.18. The van der Waals surface area contributed by atoms with Gasteiger partial charge in [-0.25, -0.2) is 0 Å². The number of carbonyl (C=O) groups excluding carboxylic acids is 1. The van der Waals surface area contributed by atoms with Crippen LogP contribution in [0.3, 0.4) is 0 Å². The molecule has 0 aliphatic rings. The van der Waals surface area contributed by atoms with E-state index in [0.29, 0.717) is 13.0 Å². The predicted octanol–water partition coefficient (Wildman–Crippen LogP) is 2.18. The minimum Gasteiger partial charge on any atom is -0.466 e. The summed E-state index contributed by atoms with van der Waals surface area (Å²) in [6, 6.07) is 9.55. The maximum atomic E-state index is 10.5. The lowest BCUT2D eigenvalue weighted by Crippen LogP contribution is -2.01. The van der Waals surface area contributed by atoms with Gasteiger partial charge in [-0.05, 0) is 18.4 Å². The van der Waals surface area contributed by atoms with Gasteiger partial charge < -0.3 is 4.74 Å². The fourth-order valence-corrected chi connectivity index (χ4v) is 1.02. The first-order valence-electron chi connectivity index (χ1n) is 4.88. The Morgan fingerprint density at radius 3 is 2.77 bits per heavy atom. The molecule has 1 aromatic carbocycles. The zero-order chi connectivity index (χ0) is 10.4. The van der Waals surface area contributed by atoms with Gasteiger partial charge in [0.15, 0.2) is 0 Å². The molecule has 70 valence electrons. The number of benzene rings is 1. The van der Waals surface area contributed by atoms with Crippen molar-refractivity contribution in [2.75, 3.05) is 6.61 Å². The third-order valence-electron chi connectivity index (χ3n) is 1.60. The molecule has 1 aromatic rings. The summed E-state index contributed by atoms with van der Waals surface area (Å²) in [5.41, 5.74) is 0.958. The quantitative estimate of drug-likeness (QED) is 0.662. The van der Waals surface area contributed by atoms with Crippen molar-refractivity contribution in [2.45, 2.75) is 19.7 Å². The van der Waals surface area contributed by atoms with Crippen molar-refractivity contribution in [3.05, 3.63) is 35.9 Å². The third kappa shape index (κ3) is 4.31. The Hall–Kier alpha value is -1.31. The van der Waals surface area contributed by atoms with Crippen molar-refractivity contribution in [2.24, 2.45) is 0 Å². The van der Waals surface area contributed by atoms with Gasteiger partial charge in [0, 0.05) is 8.29 Å². The summed E-state index contributed by atoms with van der Waals surface area (Å²) in [7, 11) is 0. The lowest BCUT2D eigenvalue weighted by Gasteiger charge is -2.01. The molecule has 0 spiro atoms. The molecule has 0 bridgehead atoms. The van der Waals surface area contributed by atoms with Crippen LogP contribution < -0.4 is 0 Å². The number of ether oxygens (including phenoxy) is 1. The second-order valence-corrected chi connectivity index (χ2v) is 2.74. The Bertz CT molecular complexity index is 285. The number of carbonyl (C=O) groups is 1. The second kappa shape index (κ2) is 5.36. The molecule has 13 heavy (non-hydrogen) atoms. The molecule has 0 fully saturated rings. The van der Waals surface area contributed by atoms with E-state index < -0.39 is 0 Å². The van der Waals surface area contributed by atoms with E-state index in [1.165, 1.54) is 6.92 Å². The molecule has 0 aliphatic carbocycles. The van der Waals surface area contributed by atoms with Gasteiger partial charge in [0.1, 0.15) is 0 Å². The summed E-state index contributed by atoms with van der Waals surface area (Å²) in [6.45, 7) is 1.69. The van der Waals surface area contributed by atoms with E-state index >= 15 is 0 Å². The van der Waals surface area contributed by atoms with Gasteiger partial charge in [-0.15, -0.1) is 0 Å². The first-order chi connectivity index (χ1) is 6.70. The summed E-state index contributed by atoms with van der Waals surface area (Å²) in [5.74, 6) is -0.287. The Labute approximate surface area is 79.9 Å². The fraction of sp³-hybridized carbons (Fsp3) is 0.364. The van der Waals surface area contributed by atoms with Crippen LogP contribution in [0.4, 0.5) is 0 Å². The van der Waals surface area contributed by atoms with Gasteiger partial charge in [-0.2, -0.15) is 0 Å². The van der Waals surface area contributed by atoms with Gasteiger partial charge in [-0.1, -0.05) is 30.3 Å². The Kier molecular flexibility index (Phi) is 3.42. The van der Waals surface area contributed by atoms with E-state index in [9.17, 15) is 4.79 Å². The summed E-state index contributed by atoms with van der Waals surface area (Å²) in [6.07, 6.45) is 0.236. The van der Waals surface area contributed by atoms with Crippen molar-refractivity contribution in [1.82, 2.24) is 0 Å². The van der Waals surface area contributed by atoms with Crippen molar-refractivity contribution in [3.8, 4) is 0 Å². The zero-order valence-electron chi connectivity index (χ0n) is 8.69. The molecule has 0 radical (unpaired) electrons. The Morgan fingerprint density at radius 2 is 2.15 bits per heavy atom. The van der Waals surface area contributed by atoms with Crippen molar-refractivity contribution < 1.29 is 10.9 Å². The Balaban J connectivity index is 2.36. The highest BCUT2D eigenvalue weighted by Crippen LogP contribution is 2.02. The molecule has 0 N–H and O–H groups in total. The van der Waals surface area contributed by atoms with Crippen LogP contribution in [0.15, 0.2) is 30.3 Å². The lowest BCUT2D eigenvalue weighted by molar-refractivity contribution is -0.141. The first kappa shape index (κ1) is 8.30.